The Bertz CT molecular complexity index is 1810. The Balaban J connectivity index is 1.31. The molecule has 2 aliphatic carbocycles. The van der Waals surface area contributed by atoms with Crippen LogP contribution in [0.4, 0.5) is 5.69 Å². The third-order valence-electron chi connectivity index (χ3n) is 10.6. The molecule has 7 rings (SSSR count). The molecule has 6 unspecified atom stereocenters. The van der Waals surface area contributed by atoms with Crippen LogP contribution in [0, 0.1) is 35.0 Å². The summed E-state index contributed by atoms with van der Waals surface area (Å²) in [5, 5.41) is 10.5. The summed E-state index contributed by atoms with van der Waals surface area (Å²) >= 11 is 0. The van der Waals surface area contributed by atoms with E-state index in [2.05, 4.69) is 0 Å². The Morgan fingerprint density at radius 1 is 0.872 bits per heavy atom. The summed E-state index contributed by atoms with van der Waals surface area (Å²) < 4.78 is 10.7. The lowest BCUT2D eigenvalue weighted by Crippen LogP contribution is -2.49. The Kier molecular flexibility index (Phi) is 7.50. The number of carbonyl (C=O) groups is 4. The molecular formula is C38H36N2O7. The van der Waals surface area contributed by atoms with E-state index >= 15 is 0 Å². The number of likely N-dealkylation sites (tertiary alicyclic amines) is 1. The second-order valence-electron chi connectivity index (χ2n) is 12.9. The molecule has 3 fully saturated rings. The van der Waals surface area contributed by atoms with Crippen molar-refractivity contribution in [1.82, 2.24) is 4.90 Å². The van der Waals surface area contributed by atoms with Crippen molar-refractivity contribution in [1.29, 1.82) is 0 Å². The van der Waals surface area contributed by atoms with Gasteiger partial charge in [0.25, 0.3) is 0 Å². The third-order valence-corrected chi connectivity index (χ3v) is 10.6. The number of phenolic OH excluding ortho intramolecular Hbond substituents is 1. The van der Waals surface area contributed by atoms with Gasteiger partial charge in [0.15, 0.2) is 11.5 Å². The van der Waals surface area contributed by atoms with Crippen LogP contribution in [-0.4, -0.2) is 47.9 Å². The summed E-state index contributed by atoms with van der Waals surface area (Å²) in [5.74, 6) is -3.47. The van der Waals surface area contributed by atoms with Gasteiger partial charge in [-0.2, -0.15) is 0 Å². The van der Waals surface area contributed by atoms with Gasteiger partial charge in [0, 0.05) is 5.92 Å². The number of para-hydroxylation sites is 1. The fourth-order valence-electron chi connectivity index (χ4n) is 8.25. The molecule has 3 aromatic rings. The van der Waals surface area contributed by atoms with Crippen molar-refractivity contribution in [2.24, 2.45) is 35.0 Å². The fraction of sp³-hybridized carbons (Fsp3) is 0.316. The van der Waals surface area contributed by atoms with Crippen LogP contribution in [0.3, 0.4) is 0 Å². The molecule has 3 aromatic carbocycles. The van der Waals surface area contributed by atoms with Gasteiger partial charge in [0.1, 0.15) is 0 Å². The van der Waals surface area contributed by atoms with Crippen LogP contribution in [-0.2, 0) is 25.7 Å². The molecule has 0 radical (unpaired) electrons. The van der Waals surface area contributed by atoms with E-state index in [4.69, 9.17) is 9.47 Å². The SMILES string of the molecule is COc1cc(C=CC2C3=CCC4C(=O)N(Cc5ccccc5)C(=O)C4C3CC3C(=O)N(c4ccccc4)C(=O)C23C)cc(OC)c1O. The number of methoxy groups -OCH3 is 2. The van der Waals surface area contributed by atoms with Gasteiger partial charge in [-0.3, -0.25) is 24.1 Å². The molecule has 0 spiro atoms. The number of rotatable bonds is 7. The lowest BCUT2D eigenvalue weighted by molar-refractivity contribution is -0.141. The topological polar surface area (TPSA) is 113 Å². The van der Waals surface area contributed by atoms with Crippen molar-refractivity contribution in [2.45, 2.75) is 26.3 Å². The smallest absolute Gasteiger partial charge is 0.241 e. The highest BCUT2D eigenvalue weighted by molar-refractivity contribution is 6.24. The Hall–Kier alpha value is -5.18. The largest absolute Gasteiger partial charge is 0.502 e. The monoisotopic (exact) mass is 632 g/mol. The highest BCUT2D eigenvalue weighted by Crippen LogP contribution is 2.61. The van der Waals surface area contributed by atoms with Gasteiger partial charge in [0.05, 0.1) is 49.6 Å². The predicted octanol–water partition coefficient (Wildman–Crippen LogP) is 5.39. The number of amides is 4. The first-order chi connectivity index (χ1) is 22.7. The first-order valence-electron chi connectivity index (χ1n) is 15.8. The maximum absolute atomic E-state index is 14.5. The standard InChI is InChI=1S/C38H36N2O7/c1-38-28(17-14-23-18-30(46-2)33(41)31(19-23)47-3)25-15-16-26-32(36(44)39(34(26)42)21-22-10-6-4-7-11-22)27(25)20-29(38)35(43)40(37(38)45)24-12-8-5-9-13-24/h4-15,17-19,26-29,32,41H,16,20-21H2,1-3H3. The Morgan fingerprint density at radius 2 is 1.51 bits per heavy atom. The molecule has 6 atom stereocenters. The minimum Gasteiger partial charge on any atom is -0.502 e. The first kappa shape index (κ1) is 30.5. The van der Waals surface area contributed by atoms with Crippen LogP contribution < -0.4 is 14.4 Å². The van der Waals surface area contributed by atoms with Crippen molar-refractivity contribution in [3.63, 3.8) is 0 Å². The van der Waals surface area contributed by atoms with Crippen LogP contribution in [0.2, 0.25) is 0 Å². The van der Waals surface area contributed by atoms with E-state index in [9.17, 15) is 24.3 Å². The summed E-state index contributed by atoms with van der Waals surface area (Å²) in [6.07, 6.45) is 6.45. The fourth-order valence-corrected chi connectivity index (χ4v) is 8.25. The molecule has 2 heterocycles. The van der Waals surface area contributed by atoms with E-state index in [1.165, 1.54) is 24.0 Å². The van der Waals surface area contributed by atoms with Crippen LogP contribution in [0.1, 0.15) is 30.9 Å². The number of benzene rings is 3. The van der Waals surface area contributed by atoms with Gasteiger partial charge in [0.2, 0.25) is 29.4 Å². The van der Waals surface area contributed by atoms with Crippen molar-refractivity contribution in [2.75, 3.05) is 19.1 Å². The maximum atomic E-state index is 14.5. The molecule has 1 saturated carbocycles. The van der Waals surface area contributed by atoms with Crippen LogP contribution in [0.15, 0.2) is 90.5 Å². The number of phenols is 1. The molecule has 2 aliphatic heterocycles. The molecule has 240 valence electrons. The number of anilines is 1. The van der Waals surface area contributed by atoms with Gasteiger partial charge in [-0.15, -0.1) is 0 Å². The Morgan fingerprint density at radius 3 is 2.15 bits per heavy atom. The second-order valence-corrected chi connectivity index (χ2v) is 12.9. The molecule has 9 heteroatoms. The molecule has 2 saturated heterocycles. The molecule has 0 aromatic heterocycles. The summed E-state index contributed by atoms with van der Waals surface area (Å²) in [6.45, 7) is 2.04. The number of carbonyl (C=O) groups excluding carboxylic acids is 4. The summed E-state index contributed by atoms with van der Waals surface area (Å²) in [6, 6.07) is 21.7. The summed E-state index contributed by atoms with van der Waals surface area (Å²) in [7, 11) is 2.90. The van der Waals surface area contributed by atoms with Crippen molar-refractivity contribution >= 4 is 35.4 Å². The summed E-state index contributed by atoms with van der Waals surface area (Å²) in [4.78, 5) is 59.2. The zero-order valence-corrected chi connectivity index (χ0v) is 26.5. The molecule has 0 bridgehead atoms. The molecule has 9 nitrogen and oxygen atoms in total. The summed E-state index contributed by atoms with van der Waals surface area (Å²) in [5.41, 5.74) is 1.79. The number of hydrogen-bond acceptors (Lipinski definition) is 7. The minimum atomic E-state index is -1.14. The number of nitrogens with zero attached hydrogens (tertiary/aromatic N) is 2. The number of allylic oxidation sites excluding steroid dienone is 3. The quantitative estimate of drug-likeness (QED) is 0.275. The number of imide groups is 2. The first-order valence-corrected chi connectivity index (χ1v) is 15.8. The van der Waals surface area contributed by atoms with Crippen LogP contribution >= 0.6 is 0 Å². The zero-order chi connectivity index (χ0) is 33.0. The van der Waals surface area contributed by atoms with Gasteiger partial charge in [-0.25, -0.2) is 4.90 Å². The van der Waals surface area contributed by atoms with E-state index in [1.807, 2.05) is 61.5 Å². The van der Waals surface area contributed by atoms with E-state index in [-0.39, 0.29) is 47.4 Å². The van der Waals surface area contributed by atoms with Crippen molar-refractivity contribution < 1.29 is 33.8 Å². The van der Waals surface area contributed by atoms with E-state index < -0.39 is 35.0 Å². The maximum Gasteiger partial charge on any atom is 0.241 e. The minimum absolute atomic E-state index is 0.127. The second kappa shape index (κ2) is 11.6. The van der Waals surface area contributed by atoms with Gasteiger partial charge in [-0.05, 0) is 61.1 Å². The van der Waals surface area contributed by atoms with E-state index in [0.717, 1.165) is 11.1 Å². The van der Waals surface area contributed by atoms with E-state index in [0.29, 0.717) is 24.1 Å². The lowest BCUT2D eigenvalue weighted by Gasteiger charge is -2.47. The van der Waals surface area contributed by atoms with Crippen LogP contribution in [0.5, 0.6) is 17.2 Å². The average molecular weight is 633 g/mol. The predicted molar refractivity (Wildman–Crippen MR) is 174 cm³/mol. The van der Waals surface area contributed by atoms with E-state index in [1.54, 1.807) is 36.4 Å². The van der Waals surface area contributed by atoms with Crippen molar-refractivity contribution in [3.05, 3.63) is 102 Å². The van der Waals surface area contributed by atoms with Crippen molar-refractivity contribution in [3.8, 4) is 17.2 Å². The van der Waals surface area contributed by atoms with Gasteiger partial charge in [-0.1, -0.05) is 72.3 Å². The number of hydrogen-bond donors (Lipinski definition) is 1. The molecule has 4 amide bonds. The number of aromatic hydroxyl groups is 1. The van der Waals surface area contributed by atoms with Gasteiger partial charge >= 0.3 is 0 Å². The lowest BCUT2D eigenvalue weighted by atomic mass is 9.52. The molecular weight excluding hydrogens is 596 g/mol. The molecule has 1 N–H and O–H groups in total. The highest BCUT2D eigenvalue weighted by Gasteiger charge is 2.66. The average Bonchev–Trinajstić information content (AvgIpc) is 3.44. The molecule has 47 heavy (non-hydrogen) atoms. The third kappa shape index (κ3) is 4.67. The Labute approximate surface area is 273 Å². The normalized spacial score (nSPS) is 28.3. The highest BCUT2D eigenvalue weighted by atomic mass is 16.5. The zero-order valence-electron chi connectivity index (χ0n) is 26.5. The van der Waals surface area contributed by atoms with Crippen LogP contribution in [0.25, 0.3) is 6.08 Å². The number of fused-ring (bicyclic) bond motifs is 4. The number of ether oxygens (including phenoxy) is 2. The van der Waals surface area contributed by atoms with Gasteiger partial charge < -0.3 is 14.6 Å². The molecule has 4 aliphatic rings.